The summed E-state index contributed by atoms with van der Waals surface area (Å²) < 4.78 is 42.8. The molecule has 6 heteroatoms. The van der Waals surface area contributed by atoms with Gasteiger partial charge in [-0.15, -0.1) is 0 Å². The van der Waals surface area contributed by atoms with Crippen LogP contribution < -0.4 is 0 Å². The molecule has 140 valence electrons. The lowest BCUT2D eigenvalue weighted by Gasteiger charge is -2.16. The monoisotopic (exact) mass is 371 g/mol. The molecule has 0 spiro atoms. The van der Waals surface area contributed by atoms with Crippen molar-refractivity contribution >= 4 is 0 Å². The number of nitrogens with zero attached hydrogens (tertiary/aromatic N) is 3. The molecule has 27 heavy (non-hydrogen) atoms. The van der Waals surface area contributed by atoms with Crippen molar-refractivity contribution in [2.75, 3.05) is 13.1 Å². The van der Waals surface area contributed by atoms with Crippen LogP contribution in [0.1, 0.15) is 29.0 Å². The van der Waals surface area contributed by atoms with Gasteiger partial charge in [-0.05, 0) is 30.2 Å². The molecule has 1 aliphatic heterocycles. The zero-order valence-electron chi connectivity index (χ0n) is 14.8. The number of hydrogen-bond acceptors (Lipinski definition) is 2. The van der Waals surface area contributed by atoms with Crippen molar-refractivity contribution in [2.24, 2.45) is 0 Å². The Labute approximate surface area is 156 Å². The summed E-state index contributed by atoms with van der Waals surface area (Å²) in [4.78, 5) is 2.16. The summed E-state index contributed by atoms with van der Waals surface area (Å²) in [5.74, 6) is -2.98. The van der Waals surface area contributed by atoms with E-state index in [2.05, 4.69) is 22.1 Å². The molecule has 1 aromatic heterocycles. The van der Waals surface area contributed by atoms with Gasteiger partial charge < -0.3 is 0 Å². The van der Waals surface area contributed by atoms with Crippen molar-refractivity contribution in [3.8, 4) is 0 Å². The van der Waals surface area contributed by atoms with E-state index in [-0.39, 0.29) is 11.5 Å². The maximum absolute atomic E-state index is 14.0. The minimum Gasteiger partial charge on any atom is -0.298 e. The summed E-state index contributed by atoms with van der Waals surface area (Å²) in [5, 5.41) is 4.40. The lowest BCUT2D eigenvalue weighted by Crippen LogP contribution is -2.19. The molecular formula is C21H20F3N3. The van der Waals surface area contributed by atoms with Gasteiger partial charge in [-0.3, -0.25) is 9.58 Å². The van der Waals surface area contributed by atoms with Gasteiger partial charge in [-0.1, -0.05) is 30.3 Å². The molecule has 3 aromatic rings. The van der Waals surface area contributed by atoms with Crippen LogP contribution in [-0.2, 0) is 13.1 Å². The number of aromatic nitrogens is 2. The first-order chi connectivity index (χ1) is 13.1. The summed E-state index contributed by atoms with van der Waals surface area (Å²) in [6, 6.07) is 11.8. The van der Waals surface area contributed by atoms with E-state index >= 15 is 0 Å². The second-order valence-corrected chi connectivity index (χ2v) is 7.04. The van der Waals surface area contributed by atoms with Crippen molar-refractivity contribution in [1.82, 2.24) is 14.7 Å². The van der Waals surface area contributed by atoms with Crippen LogP contribution in [0.15, 0.2) is 54.9 Å². The van der Waals surface area contributed by atoms with Gasteiger partial charge in [0.05, 0.1) is 12.7 Å². The van der Waals surface area contributed by atoms with E-state index in [1.165, 1.54) is 5.56 Å². The van der Waals surface area contributed by atoms with Gasteiger partial charge in [0.2, 0.25) is 0 Å². The predicted molar refractivity (Wildman–Crippen MR) is 96.7 cm³/mol. The van der Waals surface area contributed by atoms with Gasteiger partial charge in [0, 0.05) is 36.8 Å². The van der Waals surface area contributed by atoms with Gasteiger partial charge in [-0.2, -0.15) is 5.10 Å². The summed E-state index contributed by atoms with van der Waals surface area (Å²) in [7, 11) is 0. The number of halogens is 3. The summed E-state index contributed by atoms with van der Waals surface area (Å²) in [5.41, 5.74) is 2.38. The number of benzene rings is 2. The highest BCUT2D eigenvalue weighted by Crippen LogP contribution is 2.31. The first kappa shape index (κ1) is 17.8. The van der Waals surface area contributed by atoms with E-state index in [0.29, 0.717) is 32.1 Å². The third-order valence-electron chi connectivity index (χ3n) is 5.01. The van der Waals surface area contributed by atoms with Crippen molar-refractivity contribution in [1.29, 1.82) is 0 Å². The van der Waals surface area contributed by atoms with E-state index in [1.54, 1.807) is 0 Å². The summed E-state index contributed by atoms with van der Waals surface area (Å²) >= 11 is 0. The minimum absolute atomic E-state index is 0.134. The first-order valence-electron chi connectivity index (χ1n) is 9.00. The van der Waals surface area contributed by atoms with Crippen LogP contribution in [0.25, 0.3) is 0 Å². The topological polar surface area (TPSA) is 21.1 Å². The first-order valence-corrected chi connectivity index (χ1v) is 9.00. The van der Waals surface area contributed by atoms with Crippen LogP contribution in [0, 0.1) is 17.5 Å². The Morgan fingerprint density at radius 3 is 2.63 bits per heavy atom. The average Bonchev–Trinajstić information content (AvgIpc) is 3.29. The Morgan fingerprint density at radius 2 is 1.81 bits per heavy atom. The molecule has 4 rings (SSSR count). The molecule has 1 fully saturated rings. The third kappa shape index (κ3) is 4.06. The van der Waals surface area contributed by atoms with Crippen LogP contribution in [0.5, 0.6) is 0 Å². The molecule has 3 nitrogen and oxygen atoms in total. The fourth-order valence-corrected chi connectivity index (χ4v) is 3.71. The molecule has 2 aromatic carbocycles. The molecule has 0 aliphatic carbocycles. The Kier molecular flexibility index (Phi) is 4.99. The molecule has 1 unspecified atom stereocenters. The second kappa shape index (κ2) is 7.56. The Morgan fingerprint density at radius 1 is 1.00 bits per heavy atom. The lowest BCUT2D eigenvalue weighted by atomic mass is 9.97. The highest BCUT2D eigenvalue weighted by atomic mass is 19.2. The van der Waals surface area contributed by atoms with Gasteiger partial charge >= 0.3 is 0 Å². The molecule has 1 aliphatic rings. The van der Waals surface area contributed by atoms with Crippen molar-refractivity contribution in [2.45, 2.75) is 25.4 Å². The average molecular weight is 371 g/mol. The van der Waals surface area contributed by atoms with Crippen molar-refractivity contribution < 1.29 is 13.2 Å². The zero-order valence-corrected chi connectivity index (χ0v) is 14.8. The quantitative estimate of drug-likeness (QED) is 0.622. The maximum atomic E-state index is 14.0. The summed E-state index contributed by atoms with van der Waals surface area (Å²) in [6.45, 7) is 2.72. The molecule has 0 bridgehead atoms. The zero-order chi connectivity index (χ0) is 18.8. The number of rotatable bonds is 5. The van der Waals surface area contributed by atoms with Crippen LogP contribution in [0.3, 0.4) is 0 Å². The minimum atomic E-state index is -1.12. The van der Waals surface area contributed by atoms with E-state index < -0.39 is 17.5 Å². The smallest absolute Gasteiger partial charge is 0.162 e. The van der Waals surface area contributed by atoms with Gasteiger partial charge in [0.1, 0.15) is 5.82 Å². The lowest BCUT2D eigenvalue weighted by molar-refractivity contribution is 0.325. The Hall–Kier alpha value is -2.60. The largest absolute Gasteiger partial charge is 0.298 e. The van der Waals surface area contributed by atoms with Crippen LogP contribution in [0.2, 0.25) is 0 Å². The Balaban J connectivity index is 1.39. The number of likely N-dealkylation sites (tertiary alicyclic amines) is 1. The molecular weight excluding hydrogens is 351 g/mol. The van der Waals surface area contributed by atoms with Crippen LogP contribution >= 0.6 is 0 Å². The number of hydrogen-bond donors (Lipinski definition) is 0. The molecule has 0 radical (unpaired) electrons. The molecule has 2 heterocycles. The van der Waals surface area contributed by atoms with Gasteiger partial charge in [0.25, 0.3) is 0 Å². The normalized spacial score (nSPS) is 17.5. The summed E-state index contributed by atoms with van der Waals surface area (Å²) in [6.07, 6.45) is 4.51. The maximum Gasteiger partial charge on any atom is 0.162 e. The highest BCUT2D eigenvalue weighted by Gasteiger charge is 2.28. The van der Waals surface area contributed by atoms with E-state index in [0.717, 1.165) is 18.2 Å². The Bertz CT molecular complexity index is 924. The molecule has 0 saturated carbocycles. The molecule has 0 amide bonds. The molecule has 1 saturated heterocycles. The van der Waals surface area contributed by atoms with Crippen LogP contribution in [-0.4, -0.2) is 27.8 Å². The van der Waals surface area contributed by atoms with Crippen molar-refractivity contribution in [3.05, 3.63) is 89.0 Å². The van der Waals surface area contributed by atoms with Crippen LogP contribution in [0.4, 0.5) is 13.2 Å². The van der Waals surface area contributed by atoms with Gasteiger partial charge in [-0.25, -0.2) is 13.2 Å². The van der Waals surface area contributed by atoms with E-state index in [1.807, 2.05) is 35.3 Å². The third-order valence-corrected chi connectivity index (χ3v) is 5.01. The predicted octanol–water partition coefficient (Wildman–Crippen LogP) is 4.34. The van der Waals surface area contributed by atoms with E-state index in [9.17, 15) is 13.2 Å². The second-order valence-electron chi connectivity index (χ2n) is 7.04. The highest BCUT2D eigenvalue weighted by molar-refractivity contribution is 5.25. The van der Waals surface area contributed by atoms with Crippen molar-refractivity contribution in [3.63, 3.8) is 0 Å². The fraction of sp³-hybridized carbons (Fsp3) is 0.286. The van der Waals surface area contributed by atoms with E-state index in [4.69, 9.17) is 0 Å². The standard InChI is InChI=1S/C21H20F3N3/c22-18-8-19(21(24)20(23)9-18)17-6-7-26(14-17)11-16-10-25-27(13-16)12-15-4-2-1-3-5-15/h1-5,8-10,13,17H,6-7,11-12,14H2. The fourth-order valence-electron chi connectivity index (χ4n) is 3.71. The SMILES string of the molecule is Fc1cc(F)c(F)c(C2CCN(Cc3cnn(Cc4ccccc4)c3)C2)c1. The molecule has 1 atom stereocenters. The molecule has 0 N–H and O–H groups in total. The van der Waals surface area contributed by atoms with Gasteiger partial charge in [0.15, 0.2) is 11.6 Å².